The van der Waals surface area contributed by atoms with Crippen molar-refractivity contribution in [3.63, 3.8) is 0 Å². The highest BCUT2D eigenvalue weighted by Gasteiger charge is 2.31. The molecule has 0 atom stereocenters. The molecule has 9 heteroatoms. The number of benzene rings is 2. The minimum atomic E-state index is -4.58. The van der Waals surface area contributed by atoms with E-state index in [0.29, 0.717) is 18.1 Å². The van der Waals surface area contributed by atoms with Gasteiger partial charge in [-0.15, -0.1) is 0 Å². The average Bonchev–Trinajstić information content (AvgIpc) is 2.71. The smallest absolute Gasteiger partial charge is 0.416 e. The number of carbonyl (C=O) groups excluding carboxylic acids is 1. The summed E-state index contributed by atoms with van der Waals surface area (Å²) < 4.78 is 50.4. The summed E-state index contributed by atoms with van der Waals surface area (Å²) in [6, 6.07) is 9.38. The van der Waals surface area contributed by atoms with Crippen LogP contribution in [0.3, 0.4) is 0 Å². The maximum absolute atomic E-state index is 13.1. The van der Waals surface area contributed by atoms with Gasteiger partial charge in [0.15, 0.2) is 5.75 Å². The number of nitrogens with one attached hydrogen (secondary N) is 1. The standard InChI is InChI=1S/C20H16F3N3O3/c1-2-28-14-4-6-15(7-5-14)29-18-8-3-13(20(21,22)23)11-16(18)26-19(27)17-12-24-9-10-25-17/h3-12H,2H2,1H3,(H,26,27). The van der Waals surface area contributed by atoms with E-state index in [1.54, 1.807) is 24.3 Å². The van der Waals surface area contributed by atoms with E-state index in [9.17, 15) is 18.0 Å². The Morgan fingerprint density at radius 1 is 1.07 bits per heavy atom. The summed E-state index contributed by atoms with van der Waals surface area (Å²) in [4.78, 5) is 19.9. The Kier molecular flexibility index (Phi) is 5.96. The zero-order valence-corrected chi connectivity index (χ0v) is 15.2. The summed E-state index contributed by atoms with van der Waals surface area (Å²) in [5.41, 5.74) is -1.12. The van der Waals surface area contributed by atoms with Crippen LogP contribution in [0.2, 0.25) is 0 Å². The predicted molar refractivity (Wildman–Crippen MR) is 99.1 cm³/mol. The minimum absolute atomic E-state index is 0.0411. The van der Waals surface area contributed by atoms with Gasteiger partial charge in [0.05, 0.1) is 24.1 Å². The molecule has 6 nitrogen and oxygen atoms in total. The van der Waals surface area contributed by atoms with Crippen molar-refractivity contribution >= 4 is 11.6 Å². The van der Waals surface area contributed by atoms with Crippen molar-refractivity contribution in [3.05, 3.63) is 72.3 Å². The summed E-state index contributed by atoms with van der Waals surface area (Å²) in [6.07, 6.45) is -0.695. The second-order valence-electron chi connectivity index (χ2n) is 5.76. The van der Waals surface area contributed by atoms with Gasteiger partial charge in [-0.05, 0) is 49.4 Å². The molecule has 1 amide bonds. The summed E-state index contributed by atoms with van der Waals surface area (Å²) >= 11 is 0. The van der Waals surface area contributed by atoms with E-state index in [-0.39, 0.29) is 17.1 Å². The molecule has 0 aliphatic carbocycles. The fourth-order valence-electron chi connectivity index (χ4n) is 2.39. The number of hydrogen-bond donors (Lipinski definition) is 1. The third kappa shape index (κ3) is 5.22. The van der Waals surface area contributed by atoms with E-state index in [4.69, 9.17) is 9.47 Å². The highest BCUT2D eigenvalue weighted by molar-refractivity contribution is 6.03. The number of halogens is 3. The lowest BCUT2D eigenvalue weighted by Gasteiger charge is -2.15. The first kappa shape index (κ1) is 20.1. The summed E-state index contributed by atoms with van der Waals surface area (Å²) in [7, 11) is 0. The molecule has 0 radical (unpaired) electrons. The number of ether oxygens (including phenoxy) is 2. The molecule has 2 aromatic carbocycles. The number of aromatic nitrogens is 2. The first-order valence-electron chi connectivity index (χ1n) is 8.56. The Hall–Kier alpha value is -3.62. The van der Waals surface area contributed by atoms with Gasteiger partial charge in [0, 0.05) is 12.4 Å². The first-order chi connectivity index (χ1) is 13.9. The van der Waals surface area contributed by atoms with Gasteiger partial charge in [-0.25, -0.2) is 4.98 Å². The molecular formula is C20H16F3N3O3. The number of nitrogens with zero attached hydrogens (tertiary/aromatic N) is 2. The molecule has 29 heavy (non-hydrogen) atoms. The van der Waals surface area contributed by atoms with Crippen LogP contribution in [0.15, 0.2) is 61.1 Å². The van der Waals surface area contributed by atoms with Crippen LogP contribution in [-0.4, -0.2) is 22.5 Å². The molecule has 0 aliphatic heterocycles. The number of rotatable bonds is 6. The van der Waals surface area contributed by atoms with Gasteiger partial charge in [-0.2, -0.15) is 13.2 Å². The molecule has 0 fully saturated rings. The van der Waals surface area contributed by atoms with Gasteiger partial charge in [0.2, 0.25) is 0 Å². The quantitative estimate of drug-likeness (QED) is 0.631. The molecule has 3 aromatic rings. The predicted octanol–water partition coefficient (Wildman–Crippen LogP) is 4.94. The zero-order valence-electron chi connectivity index (χ0n) is 15.2. The molecule has 0 saturated carbocycles. The number of anilines is 1. The largest absolute Gasteiger partial charge is 0.494 e. The monoisotopic (exact) mass is 403 g/mol. The van der Waals surface area contributed by atoms with Gasteiger partial charge in [-0.3, -0.25) is 9.78 Å². The summed E-state index contributed by atoms with van der Waals surface area (Å²) in [6.45, 7) is 2.34. The lowest BCUT2D eigenvalue weighted by Crippen LogP contribution is -2.15. The topological polar surface area (TPSA) is 73.3 Å². The third-order valence-corrected chi connectivity index (χ3v) is 3.71. The normalized spacial score (nSPS) is 11.0. The fraction of sp³-hybridized carbons (Fsp3) is 0.150. The highest BCUT2D eigenvalue weighted by atomic mass is 19.4. The van der Waals surface area contributed by atoms with Crippen LogP contribution in [-0.2, 0) is 6.18 Å². The number of amides is 1. The highest BCUT2D eigenvalue weighted by Crippen LogP contribution is 2.37. The van der Waals surface area contributed by atoms with Gasteiger partial charge < -0.3 is 14.8 Å². The van der Waals surface area contributed by atoms with Crippen LogP contribution < -0.4 is 14.8 Å². The van der Waals surface area contributed by atoms with E-state index >= 15 is 0 Å². The minimum Gasteiger partial charge on any atom is -0.494 e. The molecule has 1 heterocycles. The Balaban J connectivity index is 1.90. The second-order valence-corrected chi connectivity index (χ2v) is 5.76. The molecule has 3 rings (SSSR count). The van der Waals surface area contributed by atoms with Crippen LogP contribution in [0.4, 0.5) is 18.9 Å². The number of alkyl halides is 3. The molecule has 0 aliphatic rings. The van der Waals surface area contributed by atoms with Gasteiger partial charge in [0.1, 0.15) is 17.2 Å². The van der Waals surface area contributed by atoms with E-state index in [1.807, 2.05) is 6.92 Å². The molecule has 0 unspecified atom stereocenters. The maximum Gasteiger partial charge on any atom is 0.416 e. The van der Waals surface area contributed by atoms with Crippen molar-refractivity contribution in [1.82, 2.24) is 9.97 Å². The van der Waals surface area contributed by atoms with Crippen LogP contribution in [0.5, 0.6) is 17.2 Å². The van der Waals surface area contributed by atoms with Crippen molar-refractivity contribution in [2.24, 2.45) is 0 Å². The Morgan fingerprint density at radius 3 is 2.41 bits per heavy atom. The Morgan fingerprint density at radius 2 is 1.79 bits per heavy atom. The Labute approximate surface area is 164 Å². The molecule has 1 N–H and O–H groups in total. The van der Waals surface area contributed by atoms with Crippen molar-refractivity contribution in [2.45, 2.75) is 13.1 Å². The maximum atomic E-state index is 13.1. The molecular weight excluding hydrogens is 387 g/mol. The first-order valence-corrected chi connectivity index (χ1v) is 8.56. The summed E-state index contributed by atoms with van der Waals surface area (Å²) in [5.74, 6) is 0.319. The molecule has 1 aromatic heterocycles. The van der Waals surface area contributed by atoms with Crippen molar-refractivity contribution in [2.75, 3.05) is 11.9 Å². The third-order valence-electron chi connectivity index (χ3n) is 3.71. The molecule has 0 saturated heterocycles. The lowest BCUT2D eigenvalue weighted by molar-refractivity contribution is -0.137. The average molecular weight is 403 g/mol. The molecule has 0 spiro atoms. The van der Waals surface area contributed by atoms with E-state index in [1.165, 1.54) is 18.6 Å². The molecule has 150 valence electrons. The lowest BCUT2D eigenvalue weighted by atomic mass is 10.1. The van der Waals surface area contributed by atoms with Crippen LogP contribution >= 0.6 is 0 Å². The van der Waals surface area contributed by atoms with Crippen LogP contribution in [0.1, 0.15) is 23.0 Å². The van der Waals surface area contributed by atoms with Crippen molar-refractivity contribution in [3.8, 4) is 17.2 Å². The van der Waals surface area contributed by atoms with Crippen LogP contribution in [0, 0.1) is 0 Å². The van der Waals surface area contributed by atoms with E-state index in [0.717, 1.165) is 18.2 Å². The molecule has 0 bridgehead atoms. The van der Waals surface area contributed by atoms with Gasteiger partial charge >= 0.3 is 6.18 Å². The van der Waals surface area contributed by atoms with Crippen LogP contribution in [0.25, 0.3) is 0 Å². The summed E-state index contributed by atoms with van der Waals surface area (Å²) in [5, 5.41) is 2.40. The number of carbonyl (C=O) groups is 1. The SMILES string of the molecule is CCOc1ccc(Oc2ccc(C(F)(F)F)cc2NC(=O)c2cnccn2)cc1. The van der Waals surface area contributed by atoms with Gasteiger partial charge in [0.25, 0.3) is 5.91 Å². The Bertz CT molecular complexity index is 978. The van der Waals surface area contributed by atoms with Gasteiger partial charge in [-0.1, -0.05) is 0 Å². The van der Waals surface area contributed by atoms with Crippen molar-refractivity contribution in [1.29, 1.82) is 0 Å². The van der Waals surface area contributed by atoms with E-state index in [2.05, 4.69) is 15.3 Å². The second kappa shape index (κ2) is 8.59. The van der Waals surface area contributed by atoms with E-state index < -0.39 is 17.6 Å². The van der Waals surface area contributed by atoms with Crippen molar-refractivity contribution < 1.29 is 27.4 Å². The zero-order chi connectivity index (χ0) is 20.9. The fourth-order valence-corrected chi connectivity index (χ4v) is 2.39. The number of hydrogen-bond acceptors (Lipinski definition) is 5.